The summed E-state index contributed by atoms with van der Waals surface area (Å²) in [4.78, 5) is 23.2. The average Bonchev–Trinajstić information content (AvgIpc) is 2.83. The van der Waals surface area contributed by atoms with Crippen LogP contribution in [0.3, 0.4) is 0 Å². The van der Waals surface area contributed by atoms with Crippen LogP contribution in [0.1, 0.15) is 43.4 Å². The number of thiophene rings is 1. The fourth-order valence-electron chi connectivity index (χ4n) is 1.63. The molecule has 1 rings (SSSR count). The van der Waals surface area contributed by atoms with Gasteiger partial charge in [0.1, 0.15) is 0 Å². The number of nitrogens with one attached hydrogen (secondary N) is 1. The maximum Gasteiger partial charge on any atom is 0.220 e. The van der Waals surface area contributed by atoms with Crippen molar-refractivity contribution in [1.82, 2.24) is 5.32 Å². The molecular weight excluding hydrogens is 248 g/mol. The Hall–Kier alpha value is -1.36. The third-order valence-electron chi connectivity index (χ3n) is 2.62. The van der Waals surface area contributed by atoms with E-state index in [1.165, 1.54) is 4.88 Å². The lowest BCUT2D eigenvalue weighted by atomic mass is 10.1. The van der Waals surface area contributed by atoms with Crippen molar-refractivity contribution in [2.45, 2.75) is 45.1 Å². The number of carbonyl (C=O) groups excluding carboxylic acids is 2. The lowest BCUT2D eigenvalue weighted by Crippen LogP contribution is -2.21. The first-order valence-corrected chi connectivity index (χ1v) is 7.14. The summed E-state index contributed by atoms with van der Waals surface area (Å²) in [5.74, 6) is -0.151. The Morgan fingerprint density at radius 2 is 1.89 bits per heavy atom. The van der Waals surface area contributed by atoms with Crippen LogP contribution in [0.4, 0.5) is 0 Å². The van der Waals surface area contributed by atoms with E-state index in [1.54, 1.807) is 11.3 Å². The molecule has 4 nitrogen and oxygen atoms in total. The first-order chi connectivity index (χ1) is 8.68. The Morgan fingerprint density at radius 3 is 2.50 bits per heavy atom. The number of carbonyl (C=O) groups is 2. The topological polar surface area (TPSA) is 72.2 Å². The molecule has 0 atom stereocenters. The van der Waals surface area contributed by atoms with Crippen molar-refractivity contribution in [2.24, 2.45) is 5.73 Å². The van der Waals surface area contributed by atoms with Crippen molar-refractivity contribution in [3.8, 4) is 0 Å². The number of primary amides is 1. The molecule has 0 radical (unpaired) electrons. The summed E-state index contributed by atoms with van der Waals surface area (Å²) in [5, 5.41) is 4.89. The molecule has 100 valence electrons. The van der Waals surface area contributed by atoms with Gasteiger partial charge in [-0.25, -0.2) is 0 Å². The highest BCUT2D eigenvalue weighted by Gasteiger charge is 2.02. The zero-order valence-corrected chi connectivity index (χ0v) is 11.3. The van der Waals surface area contributed by atoms with E-state index < -0.39 is 0 Å². The van der Waals surface area contributed by atoms with Gasteiger partial charge in [0.2, 0.25) is 11.8 Å². The van der Waals surface area contributed by atoms with Gasteiger partial charge in [-0.3, -0.25) is 9.59 Å². The Balaban J connectivity index is 1.95. The van der Waals surface area contributed by atoms with Crippen LogP contribution in [0.15, 0.2) is 17.5 Å². The molecule has 0 spiro atoms. The molecule has 2 amide bonds. The van der Waals surface area contributed by atoms with Gasteiger partial charge in [0.05, 0.1) is 6.54 Å². The van der Waals surface area contributed by atoms with Crippen LogP contribution >= 0.6 is 11.3 Å². The first-order valence-electron chi connectivity index (χ1n) is 6.26. The minimum absolute atomic E-state index is 0.0956. The molecule has 0 aliphatic heterocycles. The van der Waals surface area contributed by atoms with Crippen molar-refractivity contribution >= 4 is 23.2 Å². The molecule has 0 bridgehead atoms. The molecule has 0 saturated heterocycles. The second-order valence-corrected chi connectivity index (χ2v) is 5.27. The molecule has 0 aliphatic rings. The van der Waals surface area contributed by atoms with Crippen LogP contribution in [-0.2, 0) is 16.1 Å². The van der Waals surface area contributed by atoms with Gasteiger partial charge in [-0.05, 0) is 24.3 Å². The van der Waals surface area contributed by atoms with Gasteiger partial charge in [-0.15, -0.1) is 11.3 Å². The molecule has 0 aromatic carbocycles. The van der Waals surface area contributed by atoms with Gasteiger partial charge >= 0.3 is 0 Å². The van der Waals surface area contributed by atoms with Crippen LogP contribution in [0, 0.1) is 0 Å². The van der Waals surface area contributed by atoms with Gasteiger partial charge in [-0.2, -0.15) is 0 Å². The lowest BCUT2D eigenvalue weighted by Gasteiger charge is -2.03. The summed E-state index contributed by atoms with van der Waals surface area (Å²) in [5.41, 5.74) is 5.04. The highest BCUT2D eigenvalue weighted by molar-refractivity contribution is 7.09. The standard InChI is InChI=1S/C13H20N2O2S/c14-12(16)7-3-1-2-4-8-13(17)15-10-11-6-5-9-18-11/h5-6,9H,1-4,7-8,10H2,(H2,14,16)(H,15,17). The van der Waals surface area contributed by atoms with E-state index in [0.29, 0.717) is 19.4 Å². The number of unbranched alkanes of at least 4 members (excludes halogenated alkanes) is 3. The van der Waals surface area contributed by atoms with Crippen LogP contribution < -0.4 is 11.1 Å². The normalized spacial score (nSPS) is 10.2. The van der Waals surface area contributed by atoms with Crippen molar-refractivity contribution < 1.29 is 9.59 Å². The molecular formula is C13H20N2O2S. The van der Waals surface area contributed by atoms with E-state index >= 15 is 0 Å². The quantitative estimate of drug-likeness (QED) is 0.674. The van der Waals surface area contributed by atoms with E-state index in [1.807, 2.05) is 17.5 Å². The van der Waals surface area contributed by atoms with Gasteiger partial charge in [0.25, 0.3) is 0 Å². The van der Waals surface area contributed by atoms with Crippen LogP contribution in [0.2, 0.25) is 0 Å². The molecule has 0 fully saturated rings. The molecule has 1 aromatic heterocycles. The third kappa shape index (κ3) is 7.06. The summed E-state index contributed by atoms with van der Waals surface area (Å²) in [6.45, 7) is 0.623. The molecule has 0 aliphatic carbocycles. The fraction of sp³-hybridized carbons (Fsp3) is 0.538. The summed E-state index contributed by atoms with van der Waals surface area (Å²) in [6, 6.07) is 3.99. The predicted octanol–water partition coefficient (Wildman–Crippen LogP) is 2.19. The van der Waals surface area contributed by atoms with Crippen LogP contribution in [0.25, 0.3) is 0 Å². The van der Waals surface area contributed by atoms with E-state index in [9.17, 15) is 9.59 Å². The maximum absolute atomic E-state index is 11.5. The van der Waals surface area contributed by atoms with Crippen molar-refractivity contribution in [3.63, 3.8) is 0 Å². The van der Waals surface area contributed by atoms with Crippen molar-refractivity contribution in [1.29, 1.82) is 0 Å². The minimum Gasteiger partial charge on any atom is -0.370 e. The SMILES string of the molecule is NC(=O)CCCCCCC(=O)NCc1cccs1. The minimum atomic E-state index is -0.247. The van der Waals surface area contributed by atoms with E-state index in [-0.39, 0.29) is 11.8 Å². The highest BCUT2D eigenvalue weighted by Crippen LogP contribution is 2.08. The number of amides is 2. The van der Waals surface area contributed by atoms with Gasteiger partial charge < -0.3 is 11.1 Å². The molecule has 1 heterocycles. The fourth-order valence-corrected chi connectivity index (χ4v) is 2.27. The largest absolute Gasteiger partial charge is 0.370 e. The second-order valence-electron chi connectivity index (χ2n) is 4.24. The van der Waals surface area contributed by atoms with E-state index in [2.05, 4.69) is 5.32 Å². The smallest absolute Gasteiger partial charge is 0.220 e. The molecule has 0 unspecified atom stereocenters. The van der Waals surface area contributed by atoms with Crippen molar-refractivity contribution in [3.05, 3.63) is 22.4 Å². The summed E-state index contributed by atoms with van der Waals surface area (Å²) in [7, 11) is 0. The van der Waals surface area contributed by atoms with Gasteiger partial charge in [0.15, 0.2) is 0 Å². The Bertz CT molecular complexity index is 363. The predicted molar refractivity (Wildman–Crippen MR) is 73.1 cm³/mol. The first kappa shape index (κ1) is 14.7. The Kier molecular flexibility index (Phi) is 7.10. The zero-order valence-electron chi connectivity index (χ0n) is 10.5. The van der Waals surface area contributed by atoms with E-state index in [0.717, 1.165) is 25.7 Å². The summed E-state index contributed by atoms with van der Waals surface area (Å²) in [6.07, 6.45) is 4.63. The Labute approximate surface area is 112 Å². The average molecular weight is 268 g/mol. The number of nitrogens with two attached hydrogens (primary N) is 1. The molecule has 5 heteroatoms. The zero-order chi connectivity index (χ0) is 13.2. The monoisotopic (exact) mass is 268 g/mol. The number of rotatable bonds is 9. The van der Waals surface area contributed by atoms with Crippen LogP contribution in [-0.4, -0.2) is 11.8 Å². The second kappa shape index (κ2) is 8.69. The Morgan fingerprint density at radius 1 is 1.17 bits per heavy atom. The van der Waals surface area contributed by atoms with Gasteiger partial charge in [0, 0.05) is 17.7 Å². The molecule has 3 N–H and O–H groups in total. The number of hydrogen-bond acceptors (Lipinski definition) is 3. The van der Waals surface area contributed by atoms with Crippen LogP contribution in [0.5, 0.6) is 0 Å². The summed E-state index contributed by atoms with van der Waals surface area (Å²) < 4.78 is 0. The molecule has 0 saturated carbocycles. The third-order valence-corrected chi connectivity index (χ3v) is 3.49. The number of hydrogen-bond donors (Lipinski definition) is 2. The molecule has 18 heavy (non-hydrogen) atoms. The highest BCUT2D eigenvalue weighted by atomic mass is 32.1. The molecule has 1 aromatic rings. The van der Waals surface area contributed by atoms with Gasteiger partial charge in [-0.1, -0.05) is 18.9 Å². The van der Waals surface area contributed by atoms with E-state index in [4.69, 9.17) is 5.73 Å². The summed E-state index contributed by atoms with van der Waals surface area (Å²) >= 11 is 1.64. The maximum atomic E-state index is 11.5. The van der Waals surface area contributed by atoms with Crippen molar-refractivity contribution in [2.75, 3.05) is 0 Å². The lowest BCUT2D eigenvalue weighted by molar-refractivity contribution is -0.121.